The predicted molar refractivity (Wildman–Crippen MR) is 141 cm³/mol. The van der Waals surface area contributed by atoms with Gasteiger partial charge in [-0.15, -0.1) is 10.2 Å². The van der Waals surface area contributed by atoms with E-state index in [-0.39, 0.29) is 5.78 Å². The highest BCUT2D eigenvalue weighted by molar-refractivity contribution is 5.94. The van der Waals surface area contributed by atoms with Crippen molar-refractivity contribution in [3.63, 3.8) is 0 Å². The summed E-state index contributed by atoms with van der Waals surface area (Å²) in [7, 11) is 3.93. The zero-order chi connectivity index (χ0) is 25.8. The van der Waals surface area contributed by atoms with Crippen molar-refractivity contribution in [1.29, 1.82) is 0 Å². The lowest BCUT2D eigenvalue weighted by atomic mass is 10.1. The number of carbonyl (C=O) groups excluding carboxylic acids is 1. The SMILES string of the molecule is Cc1cc(Nc2ncnc3ccc(CC(=O)/C=C/CN(C)C)cc23)ccc1Oc1cc2nncn2cn1. The largest absolute Gasteiger partial charge is 0.439 e. The summed E-state index contributed by atoms with van der Waals surface area (Å²) in [5, 5.41) is 12.1. The summed E-state index contributed by atoms with van der Waals surface area (Å²) in [6.45, 7) is 2.68. The first kappa shape index (κ1) is 24.0. The molecule has 3 heterocycles. The van der Waals surface area contributed by atoms with Crippen molar-refractivity contribution in [1.82, 2.24) is 34.4 Å². The Kier molecular flexibility index (Phi) is 6.82. The third-order valence-electron chi connectivity index (χ3n) is 5.67. The normalized spacial score (nSPS) is 11.6. The first-order valence-corrected chi connectivity index (χ1v) is 11.7. The number of ketones is 1. The lowest BCUT2D eigenvalue weighted by Crippen LogP contribution is -2.11. The highest BCUT2D eigenvalue weighted by atomic mass is 16.5. The van der Waals surface area contributed by atoms with Gasteiger partial charge in [-0.25, -0.2) is 15.0 Å². The molecule has 0 saturated carbocycles. The predicted octanol–water partition coefficient (Wildman–Crippen LogP) is 4.14. The van der Waals surface area contributed by atoms with E-state index in [1.165, 1.54) is 6.33 Å². The summed E-state index contributed by atoms with van der Waals surface area (Å²) in [5.41, 5.74) is 4.12. The molecule has 0 fully saturated rings. The average Bonchev–Trinajstić information content (AvgIpc) is 3.34. The minimum atomic E-state index is 0.0522. The quantitative estimate of drug-likeness (QED) is 0.302. The third kappa shape index (κ3) is 5.76. The van der Waals surface area contributed by atoms with Crippen LogP contribution in [0.25, 0.3) is 16.6 Å². The second-order valence-corrected chi connectivity index (χ2v) is 8.91. The second-order valence-electron chi connectivity index (χ2n) is 8.91. The molecule has 37 heavy (non-hydrogen) atoms. The molecule has 3 aromatic heterocycles. The van der Waals surface area contributed by atoms with Crippen LogP contribution in [-0.4, -0.2) is 60.9 Å². The van der Waals surface area contributed by atoms with E-state index in [1.54, 1.807) is 29.2 Å². The van der Waals surface area contributed by atoms with E-state index in [0.29, 0.717) is 29.5 Å². The van der Waals surface area contributed by atoms with Gasteiger partial charge in [0.1, 0.15) is 30.5 Å². The molecule has 5 rings (SSSR count). The van der Waals surface area contributed by atoms with E-state index in [4.69, 9.17) is 4.74 Å². The Morgan fingerprint density at radius 2 is 1.97 bits per heavy atom. The van der Waals surface area contributed by atoms with E-state index in [0.717, 1.165) is 34.3 Å². The van der Waals surface area contributed by atoms with Crippen LogP contribution in [0.4, 0.5) is 11.5 Å². The number of nitrogens with zero attached hydrogens (tertiary/aromatic N) is 7. The molecule has 0 aliphatic rings. The molecule has 0 bridgehead atoms. The number of fused-ring (bicyclic) bond motifs is 2. The maximum absolute atomic E-state index is 12.4. The molecule has 0 spiro atoms. The van der Waals surface area contributed by atoms with Crippen molar-refractivity contribution in [2.75, 3.05) is 26.0 Å². The monoisotopic (exact) mass is 494 g/mol. The standard InChI is InChI=1S/C27H26N8O2/c1-18-11-20(7-9-24(18)37-26-14-25-33-31-17-35(25)16-30-26)32-27-22-13-19(6-8-23(22)28-15-29-27)12-21(36)5-4-10-34(2)3/h4-9,11,13-17H,10,12H2,1-3H3,(H,28,29,32)/b5-4+. The number of hydrogen-bond donors (Lipinski definition) is 1. The topological polar surface area (TPSA) is 110 Å². The Balaban J connectivity index is 1.33. The molecule has 0 aliphatic heterocycles. The third-order valence-corrected chi connectivity index (χ3v) is 5.67. The Morgan fingerprint density at radius 3 is 2.81 bits per heavy atom. The van der Waals surface area contributed by atoms with Crippen LogP contribution in [0, 0.1) is 6.92 Å². The average molecular weight is 495 g/mol. The van der Waals surface area contributed by atoms with Crippen LogP contribution in [0.2, 0.25) is 0 Å². The second kappa shape index (κ2) is 10.5. The molecule has 186 valence electrons. The number of likely N-dealkylation sites (N-methyl/N-ethyl adjacent to an activating group) is 1. The molecule has 0 aliphatic carbocycles. The van der Waals surface area contributed by atoms with Gasteiger partial charge in [-0.3, -0.25) is 9.20 Å². The lowest BCUT2D eigenvalue weighted by molar-refractivity contribution is -0.114. The van der Waals surface area contributed by atoms with Gasteiger partial charge in [0.25, 0.3) is 0 Å². The molecule has 2 aromatic carbocycles. The van der Waals surface area contributed by atoms with Crippen LogP contribution in [0.1, 0.15) is 11.1 Å². The summed E-state index contributed by atoms with van der Waals surface area (Å²) >= 11 is 0. The Bertz CT molecular complexity index is 1610. The van der Waals surface area contributed by atoms with E-state index in [2.05, 4.69) is 30.5 Å². The molecule has 0 saturated heterocycles. The number of hydrogen-bond acceptors (Lipinski definition) is 9. The van der Waals surface area contributed by atoms with Crippen LogP contribution in [0.5, 0.6) is 11.6 Å². The van der Waals surface area contributed by atoms with Crippen molar-refractivity contribution in [2.45, 2.75) is 13.3 Å². The van der Waals surface area contributed by atoms with Gasteiger partial charge in [0.05, 0.1) is 5.52 Å². The Labute approximate surface area is 213 Å². The van der Waals surface area contributed by atoms with Gasteiger partial charge in [-0.05, 0) is 68.6 Å². The summed E-state index contributed by atoms with van der Waals surface area (Å²) in [6.07, 6.45) is 8.54. The first-order valence-electron chi connectivity index (χ1n) is 11.7. The molecule has 0 atom stereocenters. The lowest BCUT2D eigenvalue weighted by Gasteiger charge is -2.12. The van der Waals surface area contributed by atoms with E-state index in [1.807, 2.05) is 68.4 Å². The fraction of sp³-hybridized carbons (Fsp3) is 0.185. The Morgan fingerprint density at radius 1 is 1.08 bits per heavy atom. The number of rotatable bonds is 9. The van der Waals surface area contributed by atoms with E-state index >= 15 is 0 Å². The fourth-order valence-electron chi connectivity index (χ4n) is 3.83. The molecule has 5 aromatic rings. The molecular formula is C27H26N8O2. The number of carbonyl (C=O) groups is 1. The van der Waals surface area contributed by atoms with Gasteiger partial charge in [0, 0.05) is 30.1 Å². The van der Waals surface area contributed by atoms with Gasteiger partial charge < -0.3 is 15.0 Å². The summed E-state index contributed by atoms with van der Waals surface area (Å²) in [6, 6.07) is 13.3. The first-order chi connectivity index (χ1) is 17.9. The zero-order valence-corrected chi connectivity index (χ0v) is 20.8. The number of benzene rings is 2. The molecule has 1 N–H and O–H groups in total. The van der Waals surface area contributed by atoms with Crippen LogP contribution < -0.4 is 10.1 Å². The van der Waals surface area contributed by atoms with Gasteiger partial charge in [-0.2, -0.15) is 0 Å². The Hall–Kier alpha value is -4.70. The number of aryl methyl sites for hydroxylation is 1. The van der Waals surface area contributed by atoms with Crippen LogP contribution in [0.15, 0.2) is 73.6 Å². The number of ether oxygens (including phenoxy) is 1. The number of anilines is 2. The minimum Gasteiger partial charge on any atom is -0.439 e. The summed E-state index contributed by atoms with van der Waals surface area (Å²) < 4.78 is 7.68. The molecule has 10 heteroatoms. The van der Waals surface area contributed by atoms with Crippen molar-refractivity contribution in [3.05, 3.63) is 84.7 Å². The number of nitrogens with one attached hydrogen (secondary N) is 1. The minimum absolute atomic E-state index is 0.0522. The summed E-state index contributed by atoms with van der Waals surface area (Å²) in [4.78, 5) is 27.5. The molecule has 0 amide bonds. The van der Waals surface area contributed by atoms with Gasteiger partial charge in [0.15, 0.2) is 11.4 Å². The van der Waals surface area contributed by atoms with Gasteiger partial charge >= 0.3 is 0 Å². The van der Waals surface area contributed by atoms with Crippen LogP contribution in [-0.2, 0) is 11.2 Å². The smallest absolute Gasteiger partial charge is 0.224 e. The van der Waals surface area contributed by atoms with Crippen molar-refractivity contribution >= 4 is 33.8 Å². The van der Waals surface area contributed by atoms with Gasteiger partial charge in [-0.1, -0.05) is 12.1 Å². The number of aromatic nitrogens is 6. The molecular weight excluding hydrogens is 468 g/mol. The molecule has 10 nitrogen and oxygen atoms in total. The highest BCUT2D eigenvalue weighted by Gasteiger charge is 2.10. The van der Waals surface area contributed by atoms with E-state index in [9.17, 15) is 4.79 Å². The maximum atomic E-state index is 12.4. The molecule has 0 unspecified atom stereocenters. The zero-order valence-electron chi connectivity index (χ0n) is 20.8. The summed E-state index contributed by atoms with van der Waals surface area (Å²) in [5.74, 6) is 1.83. The molecule has 0 radical (unpaired) electrons. The number of allylic oxidation sites excluding steroid dienone is 1. The van der Waals surface area contributed by atoms with Crippen molar-refractivity contribution in [2.24, 2.45) is 0 Å². The van der Waals surface area contributed by atoms with E-state index < -0.39 is 0 Å². The van der Waals surface area contributed by atoms with Crippen LogP contribution >= 0.6 is 0 Å². The fourth-order valence-corrected chi connectivity index (χ4v) is 3.83. The van der Waals surface area contributed by atoms with Crippen molar-refractivity contribution < 1.29 is 9.53 Å². The van der Waals surface area contributed by atoms with Gasteiger partial charge in [0.2, 0.25) is 5.88 Å². The maximum Gasteiger partial charge on any atom is 0.224 e. The van der Waals surface area contributed by atoms with Crippen molar-refractivity contribution in [3.8, 4) is 11.6 Å². The van der Waals surface area contributed by atoms with Crippen LogP contribution in [0.3, 0.4) is 0 Å². The highest BCUT2D eigenvalue weighted by Crippen LogP contribution is 2.29.